The molecule has 68 valence electrons. The van der Waals surface area contributed by atoms with Gasteiger partial charge in [0.1, 0.15) is 6.33 Å². The minimum absolute atomic E-state index is 0.0244. The molecule has 0 aliphatic carbocycles. The number of hydrogen-bond acceptors (Lipinski definition) is 2. The Balaban J connectivity index is 3.01. The van der Waals surface area contributed by atoms with Gasteiger partial charge in [-0.05, 0) is 12.8 Å². The fourth-order valence-corrected chi connectivity index (χ4v) is 1.28. The van der Waals surface area contributed by atoms with E-state index >= 15 is 0 Å². The Bertz CT molecular complexity index is 295. The summed E-state index contributed by atoms with van der Waals surface area (Å²) in [5.41, 5.74) is -0.0244. The maximum absolute atomic E-state index is 11.4. The van der Waals surface area contributed by atoms with Gasteiger partial charge in [-0.25, -0.2) is 9.48 Å². The van der Waals surface area contributed by atoms with Crippen molar-refractivity contribution in [1.29, 1.82) is 0 Å². The van der Waals surface area contributed by atoms with E-state index in [4.69, 9.17) is 0 Å². The van der Waals surface area contributed by atoms with Gasteiger partial charge < -0.3 is 0 Å². The highest BCUT2D eigenvalue weighted by atomic mass is 16.2. The molecule has 0 radical (unpaired) electrons. The van der Waals surface area contributed by atoms with E-state index in [1.165, 1.54) is 4.57 Å². The lowest BCUT2D eigenvalue weighted by Gasteiger charge is -2.10. The molecule has 0 aromatic carbocycles. The Morgan fingerprint density at radius 3 is 2.42 bits per heavy atom. The lowest BCUT2D eigenvalue weighted by molar-refractivity contribution is 0.413. The van der Waals surface area contributed by atoms with Crippen LogP contribution < -0.4 is 5.69 Å². The summed E-state index contributed by atoms with van der Waals surface area (Å²) in [5.74, 6) is 0. The molecule has 12 heavy (non-hydrogen) atoms. The van der Waals surface area contributed by atoms with Gasteiger partial charge in [-0.15, -0.1) is 0 Å². The SMILES string of the molecule is CCC(CC)n1ncn(C)c1=O. The van der Waals surface area contributed by atoms with Gasteiger partial charge >= 0.3 is 5.69 Å². The number of aryl methyl sites for hydroxylation is 1. The fourth-order valence-electron chi connectivity index (χ4n) is 1.28. The Labute approximate surface area is 71.8 Å². The summed E-state index contributed by atoms with van der Waals surface area (Å²) in [6, 6.07) is 0.249. The van der Waals surface area contributed by atoms with E-state index in [1.54, 1.807) is 18.1 Å². The lowest BCUT2D eigenvalue weighted by atomic mass is 10.2. The second kappa shape index (κ2) is 3.56. The van der Waals surface area contributed by atoms with Crippen LogP contribution in [0.15, 0.2) is 11.1 Å². The Hall–Kier alpha value is -1.06. The maximum atomic E-state index is 11.4. The standard InChI is InChI=1S/C8H15N3O/c1-4-7(5-2)11-8(12)10(3)6-9-11/h6-7H,4-5H2,1-3H3. The third kappa shape index (κ3) is 1.42. The summed E-state index contributed by atoms with van der Waals surface area (Å²) in [4.78, 5) is 11.4. The van der Waals surface area contributed by atoms with Gasteiger partial charge in [0.15, 0.2) is 0 Å². The lowest BCUT2D eigenvalue weighted by Crippen LogP contribution is -2.26. The summed E-state index contributed by atoms with van der Waals surface area (Å²) in [6.07, 6.45) is 3.46. The summed E-state index contributed by atoms with van der Waals surface area (Å²) in [5, 5.41) is 4.02. The van der Waals surface area contributed by atoms with E-state index < -0.39 is 0 Å². The van der Waals surface area contributed by atoms with Gasteiger partial charge in [-0.1, -0.05) is 13.8 Å². The molecule has 0 amide bonds. The summed E-state index contributed by atoms with van der Waals surface area (Å²) >= 11 is 0. The van der Waals surface area contributed by atoms with Crippen molar-refractivity contribution in [3.63, 3.8) is 0 Å². The normalized spacial score (nSPS) is 11.0. The molecule has 4 nitrogen and oxygen atoms in total. The predicted molar refractivity (Wildman–Crippen MR) is 47.1 cm³/mol. The summed E-state index contributed by atoms with van der Waals surface area (Å²) in [6.45, 7) is 4.13. The average Bonchev–Trinajstić information content (AvgIpc) is 2.38. The second-order valence-corrected chi connectivity index (χ2v) is 2.94. The summed E-state index contributed by atoms with van der Waals surface area (Å²) in [7, 11) is 1.72. The smallest absolute Gasteiger partial charge is 0.285 e. The highest BCUT2D eigenvalue weighted by Crippen LogP contribution is 2.10. The first kappa shape index (κ1) is 9.03. The van der Waals surface area contributed by atoms with Crippen molar-refractivity contribution in [2.24, 2.45) is 7.05 Å². The van der Waals surface area contributed by atoms with E-state index in [1.807, 2.05) is 0 Å². The van der Waals surface area contributed by atoms with Gasteiger partial charge in [-0.3, -0.25) is 4.57 Å². The van der Waals surface area contributed by atoms with Gasteiger partial charge in [0.25, 0.3) is 0 Å². The van der Waals surface area contributed by atoms with Crippen molar-refractivity contribution in [3.8, 4) is 0 Å². The molecule has 0 atom stereocenters. The van der Waals surface area contributed by atoms with Crippen molar-refractivity contribution in [2.75, 3.05) is 0 Å². The van der Waals surface area contributed by atoms with Crippen LogP contribution in [0.2, 0.25) is 0 Å². The predicted octanol–water partition coefficient (Wildman–Crippen LogP) is 0.943. The zero-order valence-electron chi connectivity index (χ0n) is 7.82. The number of hydrogen-bond donors (Lipinski definition) is 0. The first-order valence-corrected chi connectivity index (χ1v) is 4.30. The van der Waals surface area contributed by atoms with E-state index in [-0.39, 0.29) is 11.7 Å². The minimum Gasteiger partial charge on any atom is -0.285 e. The van der Waals surface area contributed by atoms with E-state index in [0.29, 0.717) is 0 Å². The zero-order chi connectivity index (χ0) is 9.14. The van der Waals surface area contributed by atoms with Crippen LogP contribution in [0.4, 0.5) is 0 Å². The van der Waals surface area contributed by atoms with Crippen LogP contribution in [0.1, 0.15) is 32.7 Å². The van der Waals surface area contributed by atoms with Crippen molar-refractivity contribution in [3.05, 3.63) is 16.8 Å². The zero-order valence-corrected chi connectivity index (χ0v) is 7.82. The first-order valence-electron chi connectivity index (χ1n) is 4.30. The van der Waals surface area contributed by atoms with Gasteiger partial charge in [0.2, 0.25) is 0 Å². The Kier molecular flexibility index (Phi) is 2.68. The Morgan fingerprint density at radius 2 is 2.08 bits per heavy atom. The molecule has 1 rings (SSSR count). The molecule has 1 aromatic rings. The molecule has 4 heteroatoms. The molecule has 0 unspecified atom stereocenters. The van der Waals surface area contributed by atoms with E-state index in [0.717, 1.165) is 12.8 Å². The van der Waals surface area contributed by atoms with Crippen LogP contribution in [0.25, 0.3) is 0 Å². The molecular weight excluding hydrogens is 154 g/mol. The van der Waals surface area contributed by atoms with Crippen molar-refractivity contribution < 1.29 is 0 Å². The van der Waals surface area contributed by atoms with Crippen LogP contribution in [0.3, 0.4) is 0 Å². The van der Waals surface area contributed by atoms with Gasteiger partial charge in [0, 0.05) is 7.05 Å². The molecule has 0 aliphatic heterocycles. The molecule has 0 bridgehead atoms. The van der Waals surface area contributed by atoms with Crippen molar-refractivity contribution in [2.45, 2.75) is 32.7 Å². The van der Waals surface area contributed by atoms with Crippen LogP contribution in [-0.2, 0) is 7.05 Å². The number of aromatic nitrogens is 3. The molecule has 0 aliphatic rings. The molecule has 0 saturated carbocycles. The monoisotopic (exact) mass is 169 g/mol. The largest absolute Gasteiger partial charge is 0.345 e. The van der Waals surface area contributed by atoms with Crippen molar-refractivity contribution >= 4 is 0 Å². The topological polar surface area (TPSA) is 39.8 Å². The second-order valence-electron chi connectivity index (χ2n) is 2.94. The third-order valence-electron chi connectivity index (χ3n) is 2.14. The quantitative estimate of drug-likeness (QED) is 0.675. The third-order valence-corrected chi connectivity index (χ3v) is 2.14. The van der Waals surface area contributed by atoms with E-state index in [2.05, 4.69) is 18.9 Å². The molecule has 0 N–H and O–H groups in total. The number of rotatable bonds is 3. The molecule has 0 spiro atoms. The Morgan fingerprint density at radius 1 is 1.50 bits per heavy atom. The summed E-state index contributed by atoms with van der Waals surface area (Å²) < 4.78 is 3.05. The highest BCUT2D eigenvalue weighted by Gasteiger charge is 2.10. The van der Waals surface area contributed by atoms with Crippen LogP contribution in [-0.4, -0.2) is 14.3 Å². The van der Waals surface area contributed by atoms with Gasteiger partial charge in [-0.2, -0.15) is 5.10 Å². The minimum atomic E-state index is -0.0244. The molecule has 0 fully saturated rings. The molecule has 1 heterocycles. The maximum Gasteiger partial charge on any atom is 0.345 e. The first-order chi connectivity index (χ1) is 5.70. The molecule has 1 aromatic heterocycles. The fraction of sp³-hybridized carbons (Fsp3) is 0.750. The number of nitrogens with zero attached hydrogens (tertiary/aromatic N) is 3. The van der Waals surface area contributed by atoms with Gasteiger partial charge in [0.05, 0.1) is 6.04 Å². The average molecular weight is 169 g/mol. The highest BCUT2D eigenvalue weighted by molar-refractivity contribution is 4.71. The molecule has 0 saturated heterocycles. The molecular formula is C8H15N3O. The van der Waals surface area contributed by atoms with Crippen molar-refractivity contribution in [1.82, 2.24) is 14.3 Å². The van der Waals surface area contributed by atoms with Crippen LogP contribution in [0, 0.1) is 0 Å². The van der Waals surface area contributed by atoms with E-state index in [9.17, 15) is 4.79 Å². The van der Waals surface area contributed by atoms with Crippen LogP contribution in [0.5, 0.6) is 0 Å². The van der Waals surface area contributed by atoms with Crippen LogP contribution >= 0.6 is 0 Å².